The molecule has 0 amide bonds. The highest BCUT2D eigenvalue weighted by Crippen LogP contribution is 2.19. The maximum absolute atomic E-state index is 5.94. The molecule has 130 valence electrons. The third-order valence-corrected chi connectivity index (χ3v) is 4.34. The van der Waals surface area contributed by atoms with Gasteiger partial charge in [-0.1, -0.05) is 5.16 Å². The van der Waals surface area contributed by atoms with Gasteiger partial charge in [-0.3, -0.25) is 9.88 Å². The average molecular weight is 339 g/mol. The molecule has 0 spiro atoms. The molecule has 3 aromatic rings. The number of hydrogen-bond acceptors (Lipinski definition) is 6. The molecule has 7 heteroatoms. The first-order chi connectivity index (χ1) is 12.3. The predicted molar refractivity (Wildman–Crippen MR) is 90.8 cm³/mol. The molecule has 1 aliphatic rings. The standard InChI is InChI=1S/C18H21N5O2/c1-14-5-16(21-25-14)10-22-8-15(9-23-13-20-6-17(23)11-22)12-24-18-3-2-4-19-7-18/h2-7,13,15H,8-12H2,1H3. The summed E-state index contributed by atoms with van der Waals surface area (Å²) >= 11 is 0. The molecule has 1 atom stereocenters. The lowest BCUT2D eigenvalue weighted by molar-refractivity contribution is 0.165. The molecule has 0 fully saturated rings. The van der Waals surface area contributed by atoms with E-state index in [4.69, 9.17) is 9.26 Å². The molecule has 1 aliphatic heterocycles. The Bertz CT molecular complexity index is 814. The van der Waals surface area contributed by atoms with Gasteiger partial charge in [0.05, 0.1) is 30.5 Å². The Balaban J connectivity index is 1.47. The predicted octanol–water partition coefficient (Wildman–Crippen LogP) is 2.29. The van der Waals surface area contributed by atoms with Crippen LogP contribution >= 0.6 is 0 Å². The third kappa shape index (κ3) is 3.88. The van der Waals surface area contributed by atoms with Gasteiger partial charge in [-0.15, -0.1) is 0 Å². The van der Waals surface area contributed by atoms with Gasteiger partial charge in [-0.25, -0.2) is 4.98 Å². The Morgan fingerprint density at radius 3 is 3.04 bits per heavy atom. The Hall–Kier alpha value is -2.67. The Kier molecular flexibility index (Phi) is 4.47. The summed E-state index contributed by atoms with van der Waals surface area (Å²) in [5.41, 5.74) is 2.17. The molecular formula is C18H21N5O2. The summed E-state index contributed by atoms with van der Waals surface area (Å²) in [5, 5.41) is 4.12. The van der Waals surface area contributed by atoms with Gasteiger partial charge < -0.3 is 13.8 Å². The number of pyridine rings is 1. The van der Waals surface area contributed by atoms with E-state index >= 15 is 0 Å². The van der Waals surface area contributed by atoms with E-state index in [1.807, 2.05) is 37.6 Å². The van der Waals surface area contributed by atoms with Crippen LogP contribution in [0.1, 0.15) is 17.1 Å². The first kappa shape index (κ1) is 15.8. The van der Waals surface area contributed by atoms with Crippen LogP contribution in [0.15, 0.2) is 47.6 Å². The van der Waals surface area contributed by atoms with Crippen molar-refractivity contribution >= 4 is 0 Å². The van der Waals surface area contributed by atoms with Crippen LogP contribution < -0.4 is 4.74 Å². The summed E-state index contributed by atoms with van der Waals surface area (Å²) in [5.74, 6) is 1.99. The zero-order valence-electron chi connectivity index (χ0n) is 14.2. The zero-order valence-corrected chi connectivity index (χ0v) is 14.2. The molecule has 0 bridgehead atoms. The van der Waals surface area contributed by atoms with Crippen LogP contribution in [-0.4, -0.2) is 37.7 Å². The quantitative estimate of drug-likeness (QED) is 0.710. The second-order valence-electron chi connectivity index (χ2n) is 6.50. The smallest absolute Gasteiger partial charge is 0.137 e. The summed E-state index contributed by atoms with van der Waals surface area (Å²) in [6.45, 7) is 5.97. The van der Waals surface area contributed by atoms with Gasteiger partial charge in [0.25, 0.3) is 0 Å². The van der Waals surface area contributed by atoms with Crippen LogP contribution in [0.3, 0.4) is 0 Å². The molecule has 0 saturated heterocycles. The average Bonchev–Trinajstić information content (AvgIpc) is 3.19. The van der Waals surface area contributed by atoms with Crippen LogP contribution in [0, 0.1) is 12.8 Å². The van der Waals surface area contributed by atoms with Crippen LogP contribution in [0.2, 0.25) is 0 Å². The van der Waals surface area contributed by atoms with Crippen molar-refractivity contribution in [1.82, 2.24) is 24.6 Å². The van der Waals surface area contributed by atoms with Crippen LogP contribution in [0.5, 0.6) is 5.75 Å². The summed E-state index contributed by atoms with van der Waals surface area (Å²) in [6, 6.07) is 5.81. The van der Waals surface area contributed by atoms with E-state index < -0.39 is 0 Å². The molecule has 25 heavy (non-hydrogen) atoms. The summed E-state index contributed by atoms with van der Waals surface area (Å²) in [7, 11) is 0. The number of rotatable bonds is 5. The number of aromatic nitrogens is 4. The molecule has 3 aromatic heterocycles. The number of aryl methyl sites for hydroxylation is 1. The molecule has 0 radical (unpaired) electrons. The Morgan fingerprint density at radius 1 is 1.28 bits per heavy atom. The van der Waals surface area contributed by atoms with Gasteiger partial charge in [-0.05, 0) is 19.1 Å². The summed E-state index contributed by atoms with van der Waals surface area (Å²) < 4.78 is 13.3. The van der Waals surface area contributed by atoms with Crippen LogP contribution in [0.4, 0.5) is 0 Å². The topological polar surface area (TPSA) is 69.2 Å². The van der Waals surface area contributed by atoms with Crippen molar-refractivity contribution in [2.24, 2.45) is 5.92 Å². The number of nitrogens with zero attached hydrogens (tertiary/aromatic N) is 5. The normalized spacial score (nSPS) is 17.9. The lowest BCUT2D eigenvalue weighted by Crippen LogP contribution is -2.30. The van der Waals surface area contributed by atoms with E-state index in [0.29, 0.717) is 12.5 Å². The fourth-order valence-electron chi connectivity index (χ4n) is 3.23. The second-order valence-corrected chi connectivity index (χ2v) is 6.50. The maximum Gasteiger partial charge on any atom is 0.137 e. The molecule has 0 saturated carbocycles. The molecule has 4 heterocycles. The lowest BCUT2D eigenvalue weighted by atomic mass is 10.1. The minimum atomic E-state index is 0.351. The monoisotopic (exact) mass is 339 g/mol. The minimum Gasteiger partial charge on any atom is -0.492 e. The van der Waals surface area contributed by atoms with E-state index in [-0.39, 0.29) is 0 Å². The van der Waals surface area contributed by atoms with Gasteiger partial charge in [0.2, 0.25) is 0 Å². The molecule has 1 unspecified atom stereocenters. The van der Waals surface area contributed by atoms with E-state index in [1.54, 1.807) is 12.4 Å². The van der Waals surface area contributed by atoms with Gasteiger partial charge in [0, 0.05) is 50.6 Å². The van der Waals surface area contributed by atoms with Crippen molar-refractivity contribution in [2.75, 3.05) is 13.2 Å². The van der Waals surface area contributed by atoms with Crippen molar-refractivity contribution in [3.8, 4) is 5.75 Å². The van der Waals surface area contributed by atoms with Crippen molar-refractivity contribution in [1.29, 1.82) is 0 Å². The number of fused-ring (bicyclic) bond motifs is 1. The summed E-state index contributed by atoms with van der Waals surface area (Å²) in [6.07, 6.45) is 7.33. The molecule has 0 aliphatic carbocycles. The molecule has 7 nitrogen and oxygen atoms in total. The van der Waals surface area contributed by atoms with Crippen LogP contribution in [-0.2, 0) is 19.6 Å². The van der Waals surface area contributed by atoms with Crippen molar-refractivity contribution < 1.29 is 9.26 Å². The number of imidazole rings is 1. The van der Waals surface area contributed by atoms with Gasteiger partial charge in [-0.2, -0.15) is 0 Å². The van der Waals surface area contributed by atoms with E-state index in [1.165, 1.54) is 5.69 Å². The van der Waals surface area contributed by atoms with Crippen LogP contribution in [0.25, 0.3) is 0 Å². The van der Waals surface area contributed by atoms with E-state index in [0.717, 1.165) is 43.4 Å². The highest BCUT2D eigenvalue weighted by Gasteiger charge is 2.23. The second kappa shape index (κ2) is 7.06. The fourth-order valence-corrected chi connectivity index (χ4v) is 3.23. The molecular weight excluding hydrogens is 318 g/mol. The van der Waals surface area contributed by atoms with E-state index in [9.17, 15) is 0 Å². The summed E-state index contributed by atoms with van der Waals surface area (Å²) in [4.78, 5) is 10.8. The van der Waals surface area contributed by atoms with Crippen molar-refractivity contribution in [3.63, 3.8) is 0 Å². The van der Waals surface area contributed by atoms with E-state index in [2.05, 4.69) is 24.6 Å². The number of ether oxygens (including phenoxy) is 1. The highest BCUT2D eigenvalue weighted by molar-refractivity contribution is 5.15. The minimum absolute atomic E-state index is 0.351. The SMILES string of the molecule is Cc1cc(CN2Cc3cncn3CC(COc3cccnc3)C2)no1. The zero-order chi connectivity index (χ0) is 17.1. The molecule has 4 rings (SSSR count). The maximum atomic E-state index is 5.94. The Morgan fingerprint density at radius 2 is 2.24 bits per heavy atom. The third-order valence-electron chi connectivity index (χ3n) is 4.34. The van der Waals surface area contributed by atoms with Crippen molar-refractivity contribution in [2.45, 2.75) is 26.6 Å². The molecule has 0 aromatic carbocycles. The van der Waals surface area contributed by atoms with Gasteiger partial charge in [0.1, 0.15) is 11.5 Å². The lowest BCUT2D eigenvalue weighted by Gasteiger charge is -2.23. The highest BCUT2D eigenvalue weighted by atomic mass is 16.5. The first-order valence-corrected chi connectivity index (χ1v) is 8.42. The largest absolute Gasteiger partial charge is 0.492 e. The fraction of sp³-hybridized carbons (Fsp3) is 0.389. The van der Waals surface area contributed by atoms with Crippen molar-refractivity contribution in [3.05, 3.63) is 60.3 Å². The number of hydrogen-bond donors (Lipinski definition) is 0. The molecule has 0 N–H and O–H groups in total. The van der Waals surface area contributed by atoms with Gasteiger partial charge >= 0.3 is 0 Å². The first-order valence-electron chi connectivity index (χ1n) is 8.42. The Labute approximate surface area is 146 Å². The van der Waals surface area contributed by atoms with Gasteiger partial charge in [0.15, 0.2) is 0 Å².